The van der Waals surface area contributed by atoms with Gasteiger partial charge in [0.1, 0.15) is 11.2 Å². The van der Waals surface area contributed by atoms with Crippen molar-refractivity contribution in [1.29, 1.82) is 0 Å². The molecule has 2 heteroatoms. The highest BCUT2D eigenvalue weighted by Gasteiger charge is 2.05. The Labute approximate surface area is 85.8 Å². The smallest absolute Gasteiger partial charge is 0.200 e. The summed E-state index contributed by atoms with van der Waals surface area (Å²) in [5.74, 6) is 0. The van der Waals surface area contributed by atoms with E-state index in [4.69, 9.17) is 4.42 Å². The lowest BCUT2D eigenvalue weighted by Gasteiger charge is -1.99. The van der Waals surface area contributed by atoms with Gasteiger partial charge in [-0.1, -0.05) is 24.3 Å². The molecule has 2 nitrogen and oxygen atoms in total. The van der Waals surface area contributed by atoms with Gasteiger partial charge < -0.3 is 4.42 Å². The van der Waals surface area contributed by atoms with Crippen LogP contribution in [0.4, 0.5) is 0 Å². The molecule has 1 radical (unpaired) electrons. The predicted molar refractivity (Wildman–Crippen MR) is 58.8 cm³/mol. The van der Waals surface area contributed by atoms with E-state index < -0.39 is 0 Å². The van der Waals surface area contributed by atoms with Crippen LogP contribution in [0.2, 0.25) is 0 Å². The molecular formula is C13H7O2. The van der Waals surface area contributed by atoms with Crippen LogP contribution in [0.5, 0.6) is 0 Å². The van der Waals surface area contributed by atoms with Gasteiger partial charge in [0, 0.05) is 6.07 Å². The summed E-state index contributed by atoms with van der Waals surface area (Å²) in [6.07, 6.45) is 0. The molecule has 0 saturated heterocycles. The summed E-state index contributed by atoms with van der Waals surface area (Å²) < 4.78 is 5.57. The van der Waals surface area contributed by atoms with Gasteiger partial charge in [-0.25, -0.2) is 0 Å². The van der Waals surface area contributed by atoms with Crippen molar-refractivity contribution in [3.8, 4) is 0 Å². The van der Waals surface area contributed by atoms with Gasteiger partial charge in [0.15, 0.2) is 0 Å². The zero-order valence-electron chi connectivity index (χ0n) is 7.86. The van der Waals surface area contributed by atoms with Crippen LogP contribution >= 0.6 is 0 Å². The molecule has 0 spiro atoms. The number of hydrogen-bond donors (Lipinski definition) is 0. The van der Waals surface area contributed by atoms with Gasteiger partial charge in [-0.05, 0) is 18.2 Å². The second-order valence-corrected chi connectivity index (χ2v) is 3.34. The summed E-state index contributed by atoms with van der Waals surface area (Å²) in [6, 6.07) is 15.4. The second-order valence-electron chi connectivity index (χ2n) is 3.34. The predicted octanol–water partition coefficient (Wildman–Crippen LogP) is 2.75. The van der Waals surface area contributed by atoms with Gasteiger partial charge in [0.25, 0.3) is 0 Å². The Bertz CT molecular complexity index is 638. The number of rotatable bonds is 0. The maximum Gasteiger partial charge on any atom is 0.200 e. The first-order valence-electron chi connectivity index (χ1n) is 4.68. The summed E-state index contributed by atoms with van der Waals surface area (Å²) in [5.41, 5.74) is 1.13. The van der Waals surface area contributed by atoms with Crippen LogP contribution in [0.1, 0.15) is 0 Å². The van der Waals surface area contributed by atoms with Crippen molar-refractivity contribution in [3.05, 3.63) is 58.8 Å². The van der Waals surface area contributed by atoms with E-state index in [1.54, 1.807) is 30.3 Å². The highest BCUT2D eigenvalue weighted by Crippen LogP contribution is 2.16. The monoisotopic (exact) mass is 195 g/mol. The molecule has 0 fully saturated rings. The Morgan fingerprint density at radius 3 is 2.73 bits per heavy atom. The van der Waals surface area contributed by atoms with Gasteiger partial charge in [0.05, 0.1) is 10.8 Å². The molecule has 0 saturated carbocycles. The Kier molecular flexibility index (Phi) is 1.62. The van der Waals surface area contributed by atoms with E-state index in [2.05, 4.69) is 6.07 Å². The van der Waals surface area contributed by atoms with E-state index in [-0.39, 0.29) is 5.43 Å². The summed E-state index contributed by atoms with van der Waals surface area (Å²) in [4.78, 5) is 12.0. The highest BCUT2D eigenvalue weighted by molar-refractivity contribution is 5.89. The van der Waals surface area contributed by atoms with Crippen LogP contribution in [0.3, 0.4) is 0 Å². The molecule has 0 amide bonds. The molecule has 71 valence electrons. The lowest BCUT2D eigenvalue weighted by atomic mass is 10.1. The number of para-hydroxylation sites is 2. The standard InChI is InChI=1S/C13H7O2/c14-13-9-5-1-3-7-11(9)15-12-8-4-2-6-10(12)13/h1-7H. The number of hydrogen-bond acceptors (Lipinski definition) is 2. The van der Waals surface area contributed by atoms with Gasteiger partial charge in [-0.15, -0.1) is 0 Å². The molecule has 0 aliphatic heterocycles. The van der Waals surface area contributed by atoms with Crippen LogP contribution in [-0.4, -0.2) is 0 Å². The van der Waals surface area contributed by atoms with Crippen LogP contribution in [0.15, 0.2) is 51.7 Å². The van der Waals surface area contributed by atoms with Crippen molar-refractivity contribution in [2.45, 2.75) is 0 Å². The Morgan fingerprint density at radius 1 is 1.00 bits per heavy atom. The first kappa shape index (κ1) is 8.24. The molecule has 0 N–H and O–H groups in total. The second kappa shape index (κ2) is 2.95. The maximum atomic E-state index is 12.0. The molecule has 1 aromatic heterocycles. The third kappa shape index (κ3) is 1.15. The van der Waals surface area contributed by atoms with Crippen molar-refractivity contribution in [3.63, 3.8) is 0 Å². The van der Waals surface area contributed by atoms with Gasteiger partial charge in [-0.3, -0.25) is 4.79 Å². The minimum atomic E-state index is 0.00343. The van der Waals surface area contributed by atoms with E-state index in [9.17, 15) is 4.79 Å². The molecule has 0 aliphatic rings. The van der Waals surface area contributed by atoms with Crippen molar-refractivity contribution in [2.24, 2.45) is 0 Å². The fourth-order valence-corrected chi connectivity index (χ4v) is 1.68. The molecule has 0 unspecified atom stereocenters. The minimum absolute atomic E-state index is 0.00343. The van der Waals surface area contributed by atoms with Gasteiger partial charge in [-0.2, -0.15) is 0 Å². The first-order valence-corrected chi connectivity index (χ1v) is 4.68. The summed E-state index contributed by atoms with van der Waals surface area (Å²) in [7, 11) is 0. The van der Waals surface area contributed by atoms with Crippen LogP contribution < -0.4 is 5.43 Å². The van der Waals surface area contributed by atoms with Crippen LogP contribution in [-0.2, 0) is 0 Å². The average Bonchev–Trinajstić information content (AvgIpc) is 2.30. The number of fused-ring (bicyclic) bond motifs is 2. The van der Waals surface area contributed by atoms with Crippen molar-refractivity contribution in [2.75, 3.05) is 0 Å². The third-order valence-electron chi connectivity index (χ3n) is 2.41. The fourth-order valence-electron chi connectivity index (χ4n) is 1.68. The lowest BCUT2D eigenvalue weighted by Crippen LogP contribution is -2.01. The SMILES string of the molecule is O=c1c2ccc[c]c2oc2ccccc12. The first-order chi connectivity index (χ1) is 7.36. The molecule has 3 aromatic rings. The molecule has 15 heavy (non-hydrogen) atoms. The molecular weight excluding hydrogens is 188 g/mol. The van der Waals surface area contributed by atoms with E-state index in [0.29, 0.717) is 21.9 Å². The van der Waals surface area contributed by atoms with Crippen LogP contribution in [0, 0.1) is 6.07 Å². The van der Waals surface area contributed by atoms with Crippen molar-refractivity contribution in [1.82, 2.24) is 0 Å². The van der Waals surface area contributed by atoms with Crippen molar-refractivity contribution >= 4 is 21.9 Å². The molecule has 2 aromatic carbocycles. The summed E-state index contributed by atoms with van der Waals surface area (Å²) >= 11 is 0. The lowest BCUT2D eigenvalue weighted by molar-refractivity contribution is 0.659. The van der Waals surface area contributed by atoms with Crippen LogP contribution in [0.25, 0.3) is 21.9 Å². The van der Waals surface area contributed by atoms with Gasteiger partial charge in [0.2, 0.25) is 5.43 Å². The summed E-state index contributed by atoms with van der Waals surface area (Å²) in [6.45, 7) is 0. The minimum Gasteiger partial charge on any atom is -0.455 e. The van der Waals surface area contributed by atoms with E-state index in [0.717, 1.165) is 0 Å². The highest BCUT2D eigenvalue weighted by atomic mass is 16.3. The zero-order valence-corrected chi connectivity index (χ0v) is 7.86. The molecule has 3 rings (SSSR count). The Morgan fingerprint density at radius 2 is 1.80 bits per heavy atom. The van der Waals surface area contributed by atoms with E-state index in [1.165, 1.54) is 0 Å². The van der Waals surface area contributed by atoms with Gasteiger partial charge >= 0.3 is 0 Å². The Balaban J connectivity index is 2.66. The molecule has 0 aliphatic carbocycles. The summed E-state index contributed by atoms with van der Waals surface area (Å²) in [5, 5.41) is 1.20. The average molecular weight is 195 g/mol. The van der Waals surface area contributed by atoms with E-state index in [1.807, 2.05) is 12.1 Å². The largest absolute Gasteiger partial charge is 0.455 e. The fraction of sp³-hybridized carbons (Fsp3) is 0. The molecule has 0 atom stereocenters. The van der Waals surface area contributed by atoms with Crippen molar-refractivity contribution < 1.29 is 4.42 Å². The maximum absolute atomic E-state index is 12.0. The zero-order chi connectivity index (χ0) is 10.3. The quantitative estimate of drug-likeness (QED) is 0.516. The third-order valence-corrected chi connectivity index (χ3v) is 2.41. The topological polar surface area (TPSA) is 30.2 Å². The Hall–Kier alpha value is -2.09. The molecule has 1 heterocycles. The molecule has 0 bridgehead atoms. The number of benzene rings is 2. The normalized spacial score (nSPS) is 10.9. The van der Waals surface area contributed by atoms with E-state index >= 15 is 0 Å².